The first-order valence-electron chi connectivity index (χ1n) is 6.22. The third kappa shape index (κ3) is 3.00. The van der Waals surface area contributed by atoms with E-state index in [0.29, 0.717) is 5.69 Å². The second-order valence-corrected chi connectivity index (χ2v) is 4.64. The standard InChI is InChI=1S/C15H14N2O4/c1-10-3-6-13(17(20)21)9-14(10)16(2)12-7-4-11(5-8-12)15(18)19/h3-9H,1-2H3,(H,18,19). The quantitative estimate of drug-likeness (QED) is 0.688. The summed E-state index contributed by atoms with van der Waals surface area (Å²) in [6, 6.07) is 11.0. The molecule has 21 heavy (non-hydrogen) atoms. The third-order valence-corrected chi connectivity index (χ3v) is 3.27. The highest BCUT2D eigenvalue weighted by molar-refractivity contribution is 5.88. The number of aromatic carboxylic acids is 1. The topological polar surface area (TPSA) is 83.7 Å². The molecule has 0 spiro atoms. The molecule has 0 aliphatic heterocycles. The molecule has 0 bridgehead atoms. The number of hydrogen-bond acceptors (Lipinski definition) is 4. The number of carboxylic acids is 1. The Kier molecular flexibility index (Phi) is 3.89. The number of nitro groups is 1. The van der Waals surface area contributed by atoms with E-state index in [1.165, 1.54) is 24.3 Å². The molecule has 0 aromatic heterocycles. The van der Waals surface area contributed by atoms with E-state index in [0.717, 1.165) is 11.3 Å². The number of rotatable bonds is 4. The summed E-state index contributed by atoms with van der Waals surface area (Å²) in [5.74, 6) is -0.990. The zero-order valence-corrected chi connectivity index (χ0v) is 11.6. The smallest absolute Gasteiger partial charge is 0.335 e. The highest BCUT2D eigenvalue weighted by atomic mass is 16.6. The Hall–Kier alpha value is -2.89. The van der Waals surface area contributed by atoms with Gasteiger partial charge in [0.1, 0.15) is 0 Å². The number of aryl methyl sites for hydroxylation is 1. The van der Waals surface area contributed by atoms with E-state index in [4.69, 9.17) is 5.11 Å². The van der Waals surface area contributed by atoms with Crippen molar-refractivity contribution in [2.75, 3.05) is 11.9 Å². The molecule has 6 heteroatoms. The fourth-order valence-electron chi connectivity index (χ4n) is 2.04. The molecule has 0 aliphatic carbocycles. The molecule has 6 nitrogen and oxygen atoms in total. The van der Waals surface area contributed by atoms with Crippen LogP contribution in [-0.4, -0.2) is 23.0 Å². The molecule has 1 N–H and O–H groups in total. The van der Waals surface area contributed by atoms with Crippen molar-refractivity contribution in [3.05, 3.63) is 63.7 Å². The van der Waals surface area contributed by atoms with Gasteiger partial charge in [0.2, 0.25) is 0 Å². The molecule has 0 heterocycles. The average Bonchev–Trinajstić information content (AvgIpc) is 2.47. The second-order valence-electron chi connectivity index (χ2n) is 4.64. The number of anilines is 2. The minimum atomic E-state index is -0.990. The summed E-state index contributed by atoms with van der Waals surface area (Å²) in [5.41, 5.74) is 2.56. The molecule has 2 aromatic rings. The van der Waals surface area contributed by atoms with Gasteiger partial charge in [-0.25, -0.2) is 4.79 Å². The molecule has 0 amide bonds. The first-order chi connectivity index (χ1) is 9.90. The molecule has 0 saturated heterocycles. The Balaban J connectivity index is 2.39. The number of carbonyl (C=O) groups is 1. The molecule has 0 saturated carbocycles. The fourth-order valence-corrected chi connectivity index (χ4v) is 2.04. The van der Waals surface area contributed by atoms with Gasteiger partial charge < -0.3 is 10.0 Å². The SMILES string of the molecule is Cc1ccc([N+](=O)[O-])cc1N(C)c1ccc(C(=O)O)cc1. The van der Waals surface area contributed by atoms with E-state index < -0.39 is 10.9 Å². The van der Waals surface area contributed by atoms with E-state index in [1.54, 1.807) is 30.1 Å². The van der Waals surface area contributed by atoms with Crippen LogP contribution < -0.4 is 4.90 Å². The molecule has 0 aliphatic rings. The Morgan fingerprint density at radius 3 is 2.33 bits per heavy atom. The summed E-state index contributed by atoms with van der Waals surface area (Å²) < 4.78 is 0. The van der Waals surface area contributed by atoms with Crippen molar-refractivity contribution in [2.45, 2.75) is 6.92 Å². The van der Waals surface area contributed by atoms with E-state index in [-0.39, 0.29) is 11.3 Å². The van der Waals surface area contributed by atoms with Gasteiger partial charge in [-0.1, -0.05) is 6.07 Å². The Morgan fingerprint density at radius 1 is 1.19 bits per heavy atom. The first kappa shape index (κ1) is 14.5. The number of carboxylic acid groups (broad SMARTS) is 1. The lowest BCUT2D eigenvalue weighted by molar-refractivity contribution is -0.384. The van der Waals surface area contributed by atoms with Gasteiger partial charge in [0, 0.05) is 24.9 Å². The van der Waals surface area contributed by atoms with E-state index in [9.17, 15) is 14.9 Å². The van der Waals surface area contributed by atoms with Crippen molar-refractivity contribution < 1.29 is 14.8 Å². The van der Waals surface area contributed by atoms with E-state index in [1.807, 2.05) is 6.92 Å². The number of non-ortho nitro benzene ring substituents is 1. The summed E-state index contributed by atoms with van der Waals surface area (Å²) in [5, 5.41) is 19.7. The molecule has 0 atom stereocenters. The van der Waals surface area contributed by atoms with Crippen LogP contribution in [0.15, 0.2) is 42.5 Å². The third-order valence-electron chi connectivity index (χ3n) is 3.27. The average molecular weight is 286 g/mol. The minimum Gasteiger partial charge on any atom is -0.478 e. The second kappa shape index (κ2) is 5.62. The maximum atomic E-state index is 10.9. The molecular weight excluding hydrogens is 272 g/mol. The Morgan fingerprint density at radius 2 is 1.81 bits per heavy atom. The molecular formula is C15H14N2O4. The van der Waals surface area contributed by atoms with Gasteiger partial charge in [-0.05, 0) is 36.8 Å². The highest BCUT2D eigenvalue weighted by Gasteiger charge is 2.13. The number of benzene rings is 2. The number of nitro benzene ring substituents is 1. The molecule has 0 unspecified atom stereocenters. The van der Waals surface area contributed by atoms with Gasteiger partial charge in [0.15, 0.2) is 0 Å². The molecule has 0 radical (unpaired) electrons. The van der Waals surface area contributed by atoms with Crippen molar-refractivity contribution in [1.29, 1.82) is 0 Å². The van der Waals surface area contributed by atoms with Crippen molar-refractivity contribution >= 4 is 23.0 Å². The predicted molar refractivity (Wildman–Crippen MR) is 79.3 cm³/mol. The lowest BCUT2D eigenvalue weighted by atomic mass is 10.1. The summed E-state index contributed by atoms with van der Waals surface area (Å²) in [4.78, 5) is 23.0. The first-order valence-corrected chi connectivity index (χ1v) is 6.22. The van der Waals surface area contributed by atoms with Crippen LogP contribution in [0.3, 0.4) is 0 Å². The summed E-state index contributed by atoms with van der Waals surface area (Å²) in [6.45, 7) is 1.86. The van der Waals surface area contributed by atoms with Gasteiger partial charge in [-0.15, -0.1) is 0 Å². The Bertz CT molecular complexity index is 695. The van der Waals surface area contributed by atoms with Crippen LogP contribution in [0, 0.1) is 17.0 Å². The van der Waals surface area contributed by atoms with Gasteiger partial charge >= 0.3 is 5.97 Å². The fraction of sp³-hybridized carbons (Fsp3) is 0.133. The van der Waals surface area contributed by atoms with Gasteiger partial charge in [-0.3, -0.25) is 10.1 Å². The van der Waals surface area contributed by atoms with Gasteiger partial charge in [0.25, 0.3) is 5.69 Å². The van der Waals surface area contributed by atoms with E-state index >= 15 is 0 Å². The maximum absolute atomic E-state index is 10.9. The maximum Gasteiger partial charge on any atom is 0.335 e. The van der Waals surface area contributed by atoms with Crippen LogP contribution in [0.25, 0.3) is 0 Å². The zero-order valence-electron chi connectivity index (χ0n) is 11.6. The van der Waals surface area contributed by atoms with E-state index in [2.05, 4.69) is 0 Å². The largest absolute Gasteiger partial charge is 0.478 e. The molecule has 2 rings (SSSR count). The lowest BCUT2D eigenvalue weighted by Crippen LogP contribution is -2.11. The number of hydrogen-bond donors (Lipinski definition) is 1. The predicted octanol–water partition coefficient (Wildman–Crippen LogP) is 3.37. The van der Waals surface area contributed by atoms with Crippen LogP contribution in [0.2, 0.25) is 0 Å². The van der Waals surface area contributed by atoms with Crippen molar-refractivity contribution in [1.82, 2.24) is 0 Å². The molecule has 2 aromatic carbocycles. The van der Waals surface area contributed by atoms with Crippen LogP contribution in [-0.2, 0) is 0 Å². The van der Waals surface area contributed by atoms with Crippen molar-refractivity contribution in [2.24, 2.45) is 0 Å². The minimum absolute atomic E-state index is 0.0182. The zero-order chi connectivity index (χ0) is 15.6. The van der Waals surface area contributed by atoms with Crippen molar-refractivity contribution in [3.63, 3.8) is 0 Å². The number of nitrogens with zero attached hydrogens (tertiary/aromatic N) is 2. The summed E-state index contributed by atoms with van der Waals surface area (Å²) in [6.07, 6.45) is 0. The van der Waals surface area contributed by atoms with Crippen LogP contribution in [0.1, 0.15) is 15.9 Å². The Labute approximate surface area is 121 Å². The van der Waals surface area contributed by atoms with Crippen LogP contribution in [0.5, 0.6) is 0 Å². The van der Waals surface area contributed by atoms with Crippen molar-refractivity contribution in [3.8, 4) is 0 Å². The van der Waals surface area contributed by atoms with Gasteiger partial charge in [-0.2, -0.15) is 0 Å². The van der Waals surface area contributed by atoms with Crippen LogP contribution in [0.4, 0.5) is 17.1 Å². The molecule has 0 fully saturated rings. The monoisotopic (exact) mass is 286 g/mol. The van der Waals surface area contributed by atoms with Gasteiger partial charge in [0.05, 0.1) is 16.2 Å². The summed E-state index contributed by atoms with van der Waals surface area (Å²) in [7, 11) is 1.78. The molecule has 108 valence electrons. The normalized spacial score (nSPS) is 10.2. The highest BCUT2D eigenvalue weighted by Crippen LogP contribution is 2.30. The lowest BCUT2D eigenvalue weighted by Gasteiger charge is -2.21. The van der Waals surface area contributed by atoms with Crippen LogP contribution >= 0.6 is 0 Å². The summed E-state index contributed by atoms with van der Waals surface area (Å²) >= 11 is 0.